The summed E-state index contributed by atoms with van der Waals surface area (Å²) in [7, 11) is 0. The predicted octanol–water partition coefficient (Wildman–Crippen LogP) is 2.48. The molecule has 17 heavy (non-hydrogen) atoms. The molecule has 0 saturated heterocycles. The molecule has 0 aliphatic heterocycles. The SMILES string of the molecule is CC[C@@H](C)[C@H](N)NC(=O)c1ccc(C)cc1.Cl. The highest BCUT2D eigenvalue weighted by molar-refractivity contribution is 5.94. The Balaban J connectivity index is 0.00000256. The predicted molar refractivity (Wildman–Crippen MR) is 73.3 cm³/mol. The lowest BCUT2D eigenvalue weighted by Crippen LogP contribution is -2.45. The van der Waals surface area contributed by atoms with Gasteiger partial charge < -0.3 is 11.1 Å². The maximum absolute atomic E-state index is 11.8. The summed E-state index contributed by atoms with van der Waals surface area (Å²) in [6, 6.07) is 7.47. The number of aryl methyl sites for hydroxylation is 1. The minimum Gasteiger partial charge on any atom is -0.337 e. The van der Waals surface area contributed by atoms with Gasteiger partial charge in [-0.3, -0.25) is 4.79 Å². The van der Waals surface area contributed by atoms with Gasteiger partial charge in [-0.2, -0.15) is 0 Å². The van der Waals surface area contributed by atoms with Crippen LogP contribution in [0.4, 0.5) is 0 Å². The van der Waals surface area contributed by atoms with Crippen molar-refractivity contribution in [2.75, 3.05) is 0 Å². The molecule has 2 atom stereocenters. The molecule has 3 nitrogen and oxygen atoms in total. The number of halogens is 1. The Kier molecular flexibility index (Phi) is 6.85. The first-order chi connectivity index (χ1) is 7.54. The van der Waals surface area contributed by atoms with Crippen LogP contribution in [0, 0.1) is 12.8 Å². The Morgan fingerprint density at radius 3 is 2.35 bits per heavy atom. The van der Waals surface area contributed by atoms with Gasteiger partial charge in [0.1, 0.15) is 0 Å². The van der Waals surface area contributed by atoms with Crippen molar-refractivity contribution < 1.29 is 4.79 Å². The summed E-state index contributed by atoms with van der Waals surface area (Å²) in [5.41, 5.74) is 7.66. The fraction of sp³-hybridized carbons (Fsp3) is 0.462. The minimum atomic E-state index is -0.279. The molecule has 4 heteroatoms. The summed E-state index contributed by atoms with van der Waals surface area (Å²) in [5.74, 6) is 0.183. The van der Waals surface area contributed by atoms with Gasteiger partial charge in [-0.25, -0.2) is 0 Å². The van der Waals surface area contributed by atoms with Crippen molar-refractivity contribution >= 4 is 18.3 Å². The first kappa shape index (κ1) is 15.9. The average Bonchev–Trinajstić information content (AvgIpc) is 2.28. The molecule has 1 rings (SSSR count). The molecule has 0 fully saturated rings. The number of nitrogens with one attached hydrogen (secondary N) is 1. The number of carbonyl (C=O) groups is 1. The Hall–Kier alpha value is -1.06. The lowest BCUT2D eigenvalue weighted by Gasteiger charge is -2.19. The van der Waals surface area contributed by atoms with E-state index in [0.717, 1.165) is 12.0 Å². The molecule has 0 bridgehead atoms. The highest BCUT2D eigenvalue weighted by Gasteiger charge is 2.14. The van der Waals surface area contributed by atoms with Crippen LogP contribution in [0.5, 0.6) is 0 Å². The summed E-state index contributed by atoms with van der Waals surface area (Å²) in [4.78, 5) is 11.8. The third-order valence-electron chi connectivity index (χ3n) is 2.87. The number of benzene rings is 1. The molecule has 0 heterocycles. The van der Waals surface area contributed by atoms with Crippen molar-refractivity contribution in [2.45, 2.75) is 33.4 Å². The lowest BCUT2D eigenvalue weighted by molar-refractivity contribution is 0.0925. The largest absolute Gasteiger partial charge is 0.337 e. The third kappa shape index (κ3) is 4.75. The second kappa shape index (κ2) is 7.30. The number of hydrogen-bond donors (Lipinski definition) is 2. The second-order valence-corrected chi connectivity index (χ2v) is 4.25. The van der Waals surface area contributed by atoms with Crippen LogP contribution < -0.4 is 11.1 Å². The molecule has 0 aliphatic rings. The molecular weight excluding hydrogens is 236 g/mol. The number of hydrogen-bond acceptors (Lipinski definition) is 2. The van der Waals surface area contributed by atoms with Gasteiger partial charge in [-0.05, 0) is 25.0 Å². The standard InChI is InChI=1S/C13H20N2O.ClH/c1-4-10(3)12(14)15-13(16)11-7-5-9(2)6-8-11;/h5-8,10,12H,4,14H2,1-3H3,(H,15,16);1H/t10-,12-;/m1./s1. The molecule has 0 unspecified atom stereocenters. The van der Waals surface area contributed by atoms with Gasteiger partial charge in [0.15, 0.2) is 0 Å². The molecule has 1 amide bonds. The van der Waals surface area contributed by atoms with Crippen molar-refractivity contribution in [1.82, 2.24) is 5.32 Å². The van der Waals surface area contributed by atoms with E-state index in [-0.39, 0.29) is 30.4 Å². The van der Waals surface area contributed by atoms with E-state index >= 15 is 0 Å². The summed E-state index contributed by atoms with van der Waals surface area (Å²) >= 11 is 0. The van der Waals surface area contributed by atoms with Crippen LogP contribution in [-0.2, 0) is 0 Å². The van der Waals surface area contributed by atoms with E-state index in [1.807, 2.05) is 38.1 Å². The average molecular weight is 257 g/mol. The molecule has 1 aromatic rings. The molecule has 0 aromatic heterocycles. The fourth-order valence-electron chi connectivity index (χ4n) is 1.34. The Morgan fingerprint density at radius 1 is 1.35 bits per heavy atom. The van der Waals surface area contributed by atoms with Crippen LogP contribution in [0.25, 0.3) is 0 Å². The van der Waals surface area contributed by atoms with Gasteiger partial charge in [-0.15, -0.1) is 12.4 Å². The van der Waals surface area contributed by atoms with Crippen molar-refractivity contribution in [3.05, 3.63) is 35.4 Å². The molecule has 96 valence electrons. The topological polar surface area (TPSA) is 55.1 Å². The van der Waals surface area contributed by atoms with Gasteiger partial charge in [0.25, 0.3) is 5.91 Å². The zero-order valence-corrected chi connectivity index (χ0v) is 11.4. The number of amides is 1. The smallest absolute Gasteiger partial charge is 0.252 e. The zero-order chi connectivity index (χ0) is 12.1. The Bertz CT molecular complexity index is 351. The fourth-order valence-corrected chi connectivity index (χ4v) is 1.34. The monoisotopic (exact) mass is 256 g/mol. The first-order valence-corrected chi connectivity index (χ1v) is 5.67. The molecule has 0 aliphatic carbocycles. The molecule has 1 aromatic carbocycles. The quantitative estimate of drug-likeness (QED) is 0.814. The van der Waals surface area contributed by atoms with Gasteiger partial charge >= 0.3 is 0 Å². The highest BCUT2D eigenvalue weighted by atomic mass is 35.5. The number of nitrogens with two attached hydrogens (primary N) is 1. The Morgan fingerprint density at radius 2 is 1.88 bits per heavy atom. The van der Waals surface area contributed by atoms with Crippen LogP contribution in [0.15, 0.2) is 24.3 Å². The van der Waals surface area contributed by atoms with Gasteiger partial charge in [-0.1, -0.05) is 38.0 Å². The van der Waals surface area contributed by atoms with E-state index in [1.54, 1.807) is 0 Å². The maximum Gasteiger partial charge on any atom is 0.252 e. The van der Waals surface area contributed by atoms with Crippen molar-refractivity contribution in [3.8, 4) is 0 Å². The molecule has 0 radical (unpaired) electrons. The van der Waals surface area contributed by atoms with Crippen molar-refractivity contribution in [3.63, 3.8) is 0 Å². The van der Waals surface area contributed by atoms with Gasteiger partial charge in [0.2, 0.25) is 0 Å². The van der Waals surface area contributed by atoms with E-state index in [0.29, 0.717) is 5.56 Å². The van der Waals surface area contributed by atoms with Crippen LogP contribution >= 0.6 is 12.4 Å². The van der Waals surface area contributed by atoms with E-state index in [1.165, 1.54) is 0 Å². The van der Waals surface area contributed by atoms with E-state index in [4.69, 9.17) is 5.73 Å². The minimum absolute atomic E-state index is 0. The van der Waals surface area contributed by atoms with Gasteiger partial charge in [0.05, 0.1) is 6.17 Å². The summed E-state index contributed by atoms with van der Waals surface area (Å²) in [5, 5.41) is 2.81. The molecule has 3 N–H and O–H groups in total. The highest BCUT2D eigenvalue weighted by Crippen LogP contribution is 2.06. The van der Waals surface area contributed by atoms with Crippen LogP contribution in [0.2, 0.25) is 0 Å². The summed E-state index contributed by atoms with van der Waals surface area (Å²) in [6.07, 6.45) is 0.675. The van der Waals surface area contributed by atoms with Crippen LogP contribution in [0.3, 0.4) is 0 Å². The van der Waals surface area contributed by atoms with Crippen molar-refractivity contribution in [2.24, 2.45) is 11.7 Å². The number of rotatable bonds is 4. The van der Waals surface area contributed by atoms with E-state index < -0.39 is 0 Å². The molecule has 0 saturated carbocycles. The summed E-state index contributed by atoms with van der Waals surface area (Å²) < 4.78 is 0. The van der Waals surface area contributed by atoms with Crippen molar-refractivity contribution in [1.29, 1.82) is 0 Å². The van der Waals surface area contributed by atoms with Crippen LogP contribution in [-0.4, -0.2) is 12.1 Å². The van der Waals surface area contributed by atoms with E-state index in [9.17, 15) is 4.79 Å². The second-order valence-electron chi connectivity index (χ2n) is 4.25. The lowest BCUT2D eigenvalue weighted by atomic mass is 10.1. The van der Waals surface area contributed by atoms with Gasteiger partial charge in [0, 0.05) is 5.56 Å². The zero-order valence-electron chi connectivity index (χ0n) is 10.6. The number of carbonyl (C=O) groups excluding carboxylic acids is 1. The maximum atomic E-state index is 11.8. The summed E-state index contributed by atoms with van der Waals surface area (Å²) in [6.45, 7) is 6.08. The van der Waals surface area contributed by atoms with Crippen LogP contribution in [0.1, 0.15) is 36.2 Å². The third-order valence-corrected chi connectivity index (χ3v) is 2.87. The van der Waals surface area contributed by atoms with E-state index in [2.05, 4.69) is 12.2 Å². The normalized spacial score (nSPS) is 13.4. The molecular formula is C13H21ClN2O. The first-order valence-electron chi connectivity index (χ1n) is 5.67. The Labute approximate surface area is 109 Å². The molecule has 0 spiro atoms.